The number of amides is 2. The van der Waals surface area contributed by atoms with E-state index in [1.165, 1.54) is 28.0 Å². The van der Waals surface area contributed by atoms with Crippen LogP contribution in [0.25, 0.3) is 0 Å². The molecule has 1 N–H and O–H groups in total. The lowest BCUT2D eigenvalue weighted by Gasteiger charge is -2.36. The zero-order chi connectivity index (χ0) is 22.0. The van der Waals surface area contributed by atoms with Crippen LogP contribution < -0.4 is 5.32 Å². The van der Waals surface area contributed by atoms with Crippen molar-refractivity contribution in [2.45, 2.75) is 32.7 Å². The Kier molecular flexibility index (Phi) is 6.09. The summed E-state index contributed by atoms with van der Waals surface area (Å²) in [7, 11) is 1.34. The highest BCUT2D eigenvalue weighted by Crippen LogP contribution is 2.43. The summed E-state index contributed by atoms with van der Waals surface area (Å²) in [6.45, 7) is 4.97. The molecule has 0 fully saturated rings. The topological polar surface area (TPSA) is 58.6 Å². The van der Waals surface area contributed by atoms with Crippen molar-refractivity contribution in [1.29, 1.82) is 0 Å². The smallest absolute Gasteiger partial charge is 0.339 e. The van der Waals surface area contributed by atoms with Crippen LogP contribution in [0.5, 0.6) is 0 Å². The molecule has 2 heterocycles. The van der Waals surface area contributed by atoms with Crippen LogP contribution in [0.1, 0.15) is 49.8 Å². The van der Waals surface area contributed by atoms with Gasteiger partial charge in [0.15, 0.2) is 0 Å². The predicted molar refractivity (Wildman–Crippen MR) is 124 cm³/mol. The van der Waals surface area contributed by atoms with Gasteiger partial charge in [-0.25, -0.2) is 9.59 Å². The first-order valence-electron chi connectivity index (χ1n) is 10.5. The van der Waals surface area contributed by atoms with E-state index in [1.807, 2.05) is 23.1 Å². The molecule has 1 atom stereocenters. The lowest BCUT2D eigenvalue weighted by atomic mass is 9.92. The summed E-state index contributed by atoms with van der Waals surface area (Å²) >= 11 is 1.79. The molecule has 4 rings (SSSR count). The summed E-state index contributed by atoms with van der Waals surface area (Å²) in [6, 6.07) is 16.7. The molecule has 3 aromatic rings. The summed E-state index contributed by atoms with van der Waals surface area (Å²) in [4.78, 5) is 30.0. The number of nitrogens with one attached hydrogen (secondary N) is 1. The predicted octanol–water partition coefficient (Wildman–Crippen LogP) is 5.59. The number of ether oxygens (including phenoxy) is 1. The van der Waals surface area contributed by atoms with Crippen molar-refractivity contribution in [3.05, 3.63) is 86.6 Å². The Hall–Kier alpha value is -3.12. The van der Waals surface area contributed by atoms with Gasteiger partial charge < -0.3 is 15.0 Å². The maximum Gasteiger partial charge on any atom is 0.339 e. The number of urea groups is 1. The first kappa shape index (κ1) is 21.1. The van der Waals surface area contributed by atoms with E-state index in [2.05, 4.69) is 31.3 Å². The number of nitrogens with zero attached hydrogens (tertiary/aromatic N) is 1. The fourth-order valence-corrected chi connectivity index (χ4v) is 5.81. The first-order valence-corrected chi connectivity index (χ1v) is 11.3. The van der Waals surface area contributed by atoms with Crippen LogP contribution in [-0.2, 0) is 17.6 Å². The minimum Gasteiger partial charge on any atom is -0.465 e. The number of para-hydroxylation sites is 1. The van der Waals surface area contributed by atoms with Gasteiger partial charge in [-0.3, -0.25) is 0 Å². The minimum absolute atomic E-state index is 0.153. The molecule has 1 unspecified atom stereocenters. The summed E-state index contributed by atoms with van der Waals surface area (Å²) < 4.78 is 4.87. The van der Waals surface area contributed by atoms with Gasteiger partial charge in [-0.1, -0.05) is 49.4 Å². The van der Waals surface area contributed by atoms with Gasteiger partial charge in [-0.15, -0.1) is 11.3 Å². The standard InChI is InChI=1S/C25H26N2O3S/c1-4-18-16(2)31-23-19(18)14-15-27(22(23)17-10-6-5-7-11-17)25(29)26-21-13-9-8-12-20(21)24(28)30-3/h5-13,22H,4,14-15H2,1-3H3,(H,26,29). The number of rotatable bonds is 4. The van der Waals surface area contributed by atoms with Crippen LogP contribution in [-0.4, -0.2) is 30.6 Å². The van der Waals surface area contributed by atoms with E-state index < -0.39 is 5.97 Å². The molecular formula is C25H26N2O3S. The van der Waals surface area contributed by atoms with Gasteiger partial charge in [0.1, 0.15) is 0 Å². The van der Waals surface area contributed by atoms with Gasteiger partial charge in [-0.2, -0.15) is 0 Å². The number of carbonyl (C=O) groups excluding carboxylic acids is 2. The number of carbonyl (C=O) groups is 2. The molecule has 1 aliphatic heterocycles. The Balaban J connectivity index is 1.72. The molecule has 0 aliphatic carbocycles. The van der Waals surface area contributed by atoms with Crippen molar-refractivity contribution < 1.29 is 14.3 Å². The fourth-order valence-electron chi connectivity index (χ4n) is 4.36. The summed E-state index contributed by atoms with van der Waals surface area (Å²) in [6.07, 6.45) is 1.83. The van der Waals surface area contributed by atoms with Gasteiger partial charge in [-0.05, 0) is 48.6 Å². The van der Waals surface area contributed by atoms with Crippen molar-refractivity contribution in [1.82, 2.24) is 4.90 Å². The number of anilines is 1. The third-order valence-corrected chi connectivity index (χ3v) is 7.06. The second kappa shape index (κ2) is 8.94. The highest BCUT2D eigenvalue weighted by molar-refractivity contribution is 7.12. The Morgan fingerprint density at radius 1 is 1.13 bits per heavy atom. The van der Waals surface area contributed by atoms with E-state index in [0.29, 0.717) is 17.8 Å². The Labute approximate surface area is 186 Å². The van der Waals surface area contributed by atoms with Gasteiger partial charge >= 0.3 is 12.0 Å². The normalized spacial score (nSPS) is 15.3. The third kappa shape index (κ3) is 3.95. The molecule has 160 valence electrons. The third-order valence-electron chi connectivity index (χ3n) is 5.82. The average Bonchev–Trinajstić information content (AvgIpc) is 3.13. The molecule has 0 bridgehead atoms. The van der Waals surface area contributed by atoms with Gasteiger partial charge in [0.05, 0.1) is 24.4 Å². The number of benzene rings is 2. The van der Waals surface area contributed by atoms with Crippen molar-refractivity contribution in [3.63, 3.8) is 0 Å². The Bertz CT molecular complexity index is 1110. The molecule has 5 nitrogen and oxygen atoms in total. The van der Waals surface area contributed by atoms with E-state index in [-0.39, 0.29) is 12.1 Å². The molecule has 1 aromatic heterocycles. The number of fused-ring (bicyclic) bond motifs is 1. The van der Waals surface area contributed by atoms with Crippen molar-refractivity contribution in [2.75, 3.05) is 19.0 Å². The fraction of sp³-hybridized carbons (Fsp3) is 0.280. The molecular weight excluding hydrogens is 408 g/mol. The zero-order valence-corrected chi connectivity index (χ0v) is 18.8. The van der Waals surface area contributed by atoms with Crippen molar-refractivity contribution in [2.24, 2.45) is 0 Å². The average molecular weight is 435 g/mol. The molecule has 2 amide bonds. The number of methoxy groups -OCH3 is 1. The highest BCUT2D eigenvalue weighted by Gasteiger charge is 2.35. The molecule has 0 spiro atoms. The molecule has 2 aromatic carbocycles. The van der Waals surface area contributed by atoms with Crippen molar-refractivity contribution >= 4 is 29.0 Å². The van der Waals surface area contributed by atoms with E-state index in [0.717, 1.165) is 18.4 Å². The molecule has 31 heavy (non-hydrogen) atoms. The summed E-state index contributed by atoms with van der Waals surface area (Å²) in [5, 5.41) is 2.95. The van der Waals surface area contributed by atoms with E-state index in [9.17, 15) is 9.59 Å². The summed E-state index contributed by atoms with van der Waals surface area (Å²) in [5.74, 6) is -0.474. The second-order valence-corrected chi connectivity index (χ2v) is 8.81. The van der Waals surface area contributed by atoms with Crippen LogP contribution in [0.2, 0.25) is 0 Å². The molecule has 0 radical (unpaired) electrons. The molecule has 1 aliphatic rings. The van der Waals surface area contributed by atoms with E-state index >= 15 is 0 Å². The van der Waals surface area contributed by atoms with E-state index in [4.69, 9.17) is 4.74 Å². The number of thiophene rings is 1. The quantitative estimate of drug-likeness (QED) is 0.545. The zero-order valence-electron chi connectivity index (χ0n) is 18.0. The van der Waals surface area contributed by atoms with Gasteiger partial charge in [0.25, 0.3) is 0 Å². The van der Waals surface area contributed by atoms with E-state index in [1.54, 1.807) is 35.6 Å². The maximum absolute atomic E-state index is 13.5. The minimum atomic E-state index is -0.474. The lowest BCUT2D eigenvalue weighted by Crippen LogP contribution is -2.42. The Morgan fingerprint density at radius 2 is 1.84 bits per heavy atom. The Morgan fingerprint density at radius 3 is 2.55 bits per heavy atom. The monoisotopic (exact) mass is 434 g/mol. The number of hydrogen-bond acceptors (Lipinski definition) is 4. The van der Waals surface area contributed by atoms with Crippen molar-refractivity contribution in [3.8, 4) is 0 Å². The van der Waals surface area contributed by atoms with Crippen LogP contribution in [0.4, 0.5) is 10.5 Å². The first-order chi connectivity index (χ1) is 15.0. The maximum atomic E-state index is 13.5. The lowest BCUT2D eigenvalue weighted by molar-refractivity contribution is 0.0602. The molecule has 6 heteroatoms. The van der Waals surface area contributed by atoms with Crippen LogP contribution in [0.15, 0.2) is 54.6 Å². The molecule has 0 saturated heterocycles. The number of aryl methyl sites for hydroxylation is 1. The number of esters is 1. The largest absolute Gasteiger partial charge is 0.465 e. The highest BCUT2D eigenvalue weighted by atomic mass is 32.1. The van der Waals surface area contributed by atoms with Gasteiger partial charge in [0, 0.05) is 16.3 Å². The molecule has 0 saturated carbocycles. The SMILES string of the molecule is CCc1c(C)sc2c1CCN(C(=O)Nc1ccccc1C(=O)OC)C2c1ccccc1. The van der Waals surface area contributed by atoms with Crippen LogP contribution in [0.3, 0.4) is 0 Å². The van der Waals surface area contributed by atoms with Crippen LogP contribution in [0, 0.1) is 6.92 Å². The second-order valence-electron chi connectivity index (χ2n) is 7.56. The van der Waals surface area contributed by atoms with Gasteiger partial charge in [0.2, 0.25) is 0 Å². The van der Waals surface area contributed by atoms with Crippen LogP contribution >= 0.6 is 11.3 Å². The number of hydrogen-bond donors (Lipinski definition) is 1. The summed E-state index contributed by atoms with van der Waals surface area (Å²) in [5.41, 5.74) is 4.68.